The van der Waals surface area contributed by atoms with Gasteiger partial charge in [0.05, 0.1) is 16.9 Å². The summed E-state index contributed by atoms with van der Waals surface area (Å²) in [6.45, 7) is 9.34. The van der Waals surface area contributed by atoms with Crippen LogP contribution in [-0.2, 0) is 9.31 Å². The molecular formula is C20H25BN4O4. The van der Waals surface area contributed by atoms with Crippen molar-refractivity contribution < 1.29 is 19.2 Å². The first-order valence-electron chi connectivity index (χ1n) is 10.0. The summed E-state index contributed by atoms with van der Waals surface area (Å²) in [5, 5.41) is 13.8. The van der Waals surface area contributed by atoms with Crippen molar-refractivity contribution in [1.29, 1.82) is 0 Å². The molecule has 0 bridgehead atoms. The number of hydrogen-bond donors (Lipinski definition) is 1. The lowest BCUT2D eigenvalue weighted by Gasteiger charge is -2.32. The zero-order chi connectivity index (χ0) is 20.6. The van der Waals surface area contributed by atoms with Gasteiger partial charge in [0.15, 0.2) is 5.82 Å². The van der Waals surface area contributed by atoms with Crippen molar-refractivity contribution in [2.24, 2.45) is 11.8 Å². The molecule has 5 rings (SSSR count). The SMILES string of the molecule is CC1(C)OB(c2ccc(-n3ccc([C@H]4[C@@H]5CN(C(=O)O)C[C@@H]54)n3)nc2)OC1(C)C. The van der Waals surface area contributed by atoms with Crippen LogP contribution in [0.15, 0.2) is 30.6 Å². The van der Waals surface area contributed by atoms with Crippen molar-refractivity contribution in [2.75, 3.05) is 13.1 Å². The van der Waals surface area contributed by atoms with E-state index in [0.717, 1.165) is 17.0 Å². The number of amides is 1. The Morgan fingerprint density at radius 3 is 2.34 bits per heavy atom. The van der Waals surface area contributed by atoms with E-state index in [9.17, 15) is 4.79 Å². The van der Waals surface area contributed by atoms with E-state index in [1.165, 1.54) is 4.90 Å². The van der Waals surface area contributed by atoms with Crippen LogP contribution in [0, 0.1) is 11.8 Å². The van der Waals surface area contributed by atoms with Crippen LogP contribution in [0.25, 0.3) is 5.82 Å². The third-order valence-corrected chi connectivity index (χ3v) is 6.95. The average Bonchev–Trinajstić information content (AvgIpc) is 3.04. The number of nitrogens with zero attached hydrogens (tertiary/aromatic N) is 4. The van der Waals surface area contributed by atoms with Crippen LogP contribution < -0.4 is 5.46 Å². The summed E-state index contributed by atoms with van der Waals surface area (Å²) in [6.07, 6.45) is 2.86. The van der Waals surface area contributed by atoms with E-state index in [0.29, 0.717) is 30.8 Å². The molecule has 4 heterocycles. The summed E-state index contributed by atoms with van der Waals surface area (Å²) in [4.78, 5) is 17.1. The summed E-state index contributed by atoms with van der Waals surface area (Å²) in [5.41, 5.74) is 1.13. The fourth-order valence-electron chi connectivity index (χ4n) is 4.42. The summed E-state index contributed by atoms with van der Waals surface area (Å²) in [6, 6.07) is 5.89. The molecule has 1 saturated carbocycles. The van der Waals surface area contributed by atoms with Crippen molar-refractivity contribution in [3.05, 3.63) is 36.3 Å². The van der Waals surface area contributed by atoms with Crippen LogP contribution in [0.3, 0.4) is 0 Å². The maximum atomic E-state index is 11.1. The minimum atomic E-state index is -0.826. The molecule has 2 aromatic heterocycles. The molecule has 9 heteroatoms. The van der Waals surface area contributed by atoms with Crippen molar-refractivity contribution in [1.82, 2.24) is 19.7 Å². The quantitative estimate of drug-likeness (QED) is 0.798. The second-order valence-electron chi connectivity index (χ2n) is 9.26. The molecule has 3 atom stereocenters. The third-order valence-electron chi connectivity index (χ3n) is 6.95. The van der Waals surface area contributed by atoms with Gasteiger partial charge in [-0.3, -0.25) is 0 Å². The Balaban J connectivity index is 1.27. The number of rotatable bonds is 3. The van der Waals surface area contributed by atoms with Gasteiger partial charge in [-0.05, 0) is 51.7 Å². The molecule has 0 unspecified atom stereocenters. The van der Waals surface area contributed by atoms with E-state index in [1.807, 2.05) is 52.1 Å². The Hall–Kier alpha value is -2.39. The number of piperidine rings is 1. The Bertz CT molecular complexity index is 930. The number of pyridine rings is 1. The number of carboxylic acid groups (broad SMARTS) is 1. The van der Waals surface area contributed by atoms with Crippen LogP contribution in [0.4, 0.5) is 4.79 Å². The molecule has 1 aliphatic carbocycles. The lowest BCUT2D eigenvalue weighted by atomic mass is 9.80. The molecule has 0 radical (unpaired) electrons. The first kappa shape index (κ1) is 18.6. The minimum absolute atomic E-state index is 0.357. The van der Waals surface area contributed by atoms with E-state index in [-0.39, 0.29) is 11.2 Å². The lowest BCUT2D eigenvalue weighted by Crippen LogP contribution is -2.41. The van der Waals surface area contributed by atoms with Crippen molar-refractivity contribution in [3.63, 3.8) is 0 Å². The molecule has 2 aliphatic heterocycles. The number of likely N-dealkylation sites (tertiary alicyclic amines) is 1. The van der Waals surface area contributed by atoms with Gasteiger partial charge in [0, 0.05) is 36.9 Å². The molecule has 1 N–H and O–H groups in total. The van der Waals surface area contributed by atoms with Gasteiger partial charge in [-0.15, -0.1) is 0 Å². The predicted octanol–water partition coefficient (Wildman–Crippen LogP) is 1.89. The largest absolute Gasteiger partial charge is 0.496 e. The first-order valence-corrected chi connectivity index (χ1v) is 10.0. The van der Waals surface area contributed by atoms with Crippen LogP contribution in [0.2, 0.25) is 0 Å². The standard InChI is InChI=1S/C20H25BN4O4/c1-19(2)20(3,4)29-21(28-19)12-5-6-16(22-9-12)25-8-7-15(23-25)17-13-10-24(18(26)27)11-14(13)17/h5-9,13-14,17H,10-11H2,1-4H3,(H,26,27)/t13-,14+,17+. The van der Waals surface area contributed by atoms with Crippen molar-refractivity contribution >= 4 is 18.7 Å². The normalized spacial score (nSPS) is 29.2. The minimum Gasteiger partial charge on any atom is -0.465 e. The molecule has 0 aromatic carbocycles. The van der Waals surface area contributed by atoms with E-state index in [4.69, 9.17) is 19.5 Å². The first-order chi connectivity index (χ1) is 13.7. The second kappa shape index (κ2) is 6.06. The Labute approximate surface area is 170 Å². The van der Waals surface area contributed by atoms with Gasteiger partial charge >= 0.3 is 13.2 Å². The second-order valence-corrected chi connectivity index (χ2v) is 9.26. The monoisotopic (exact) mass is 396 g/mol. The van der Waals surface area contributed by atoms with Crippen molar-refractivity contribution in [2.45, 2.75) is 44.8 Å². The molecule has 2 saturated heterocycles. The number of aromatic nitrogens is 3. The molecule has 2 aromatic rings. The molecule has 3 fully saturated rings. The summed E-state index contributed by atoms with van der Waals surface area (Å²) < 4.78 is 13.9. The van der Waals surface area contributed by atoms with Gasteiger partial charge in [-0.2, -0.15) is 5.10 Å². The van der Waals surface area contributed by atoms with Gasteiger partial charge in [0.25, 0.3) is 0 Å². The average molecular weight is 396 g/mol. The van der Waals surface area contributed by atoms with Crippen LogP contribution in [0.1, 0.15) is 39.3 Å². The van der Waals surface area contributed by atoms with Crippen LogP contribution in [0.5, 0.6) is 0 Å². The predicted molar refractivity (Wildman–Crippen MR) is 106 cm³/mol. The zero-order valence-electron chi connectivity index (χ0n) is 17.1. The molecule has 0 spiro atoms. The van der Waals surface area contributed by atoms with Gasteiger partial charge < -0.3 is 19.3 Å². The Kier molecular flexibility index (Phi) is 3.89. The topological polar surface area (TPSA) is 89.7 Å². The zero-order valence-corrected chi connectivity index (χ0v) is 17.1. The number of hydrogen-bond acceptors (Lipinski definition) is 5. The van der Waals surface area contributed by atoms with E-state index < -0.39 is 13.2 Å². The van der Waals surface area contributed by atoms with Crippen molar-refractivity contribution in [3.8, 4) is 5.82 Å². The molecule has 3 aliphatic rings. The highest BCUT2D eigenvalue weighted by atomic mass is 16.7. The number of fused-ring (bicyclic) bond motifs is 1. The van der Waals surface area contributed by atoms with Gasteiger partial charge in [-0.1, -0.05) is 6.07 Å². The summed E-state index contributed by atoms with van der Waals surface area (Å²) >= 11 is 0. The molecular weight excluding hydrogens is 371 g/mol. The Morgan fingerprint density at radius 1 is 1.14 bits per heavy atom. The van der Waals surface area contributed by atoms with Crippen LogP contribution in [-0.4, -0.2) is 62.3 Å². The van der Waals surface area contributed by atoms with E-state index in [1.54, 1.807) is 10.9 Å². The third kappa shape index (κ3) is 2.95. The highest BCUT2D eigenvalue weighted by molar-refractivity contribution is 6.62. The highest BCUT2D eigenvalue weighted by Crippen LogP contribution is 2.57. The summed E-state index contributed by atoms with van der Waals surface area (Å²) in [7, 11) is -0.433. The molecule has 8 nitrogen and oxygen atoms in total. The maximum Gasteiger partial charge on any atom is 0.496 e. The molecule has 1 amide bonds. The highest BCUT2D eigenvalue weighted by Gasteiger charge is 2.58. The smallest absolute Gasteiger partial charge is 0.465 e. The number of carbonyl (C=O) groups is 1. The fraction of sp³-hybridized carbons (Fsp3) is 0.550. The van der Waals surface area contributed by atoms with E-state index in [2.05, 4.69) is 4.98 Å². The lowest BCUT2D eigenvalue weighted by molar-refractivity contribution is 0.00578. The fourth-order valence-corrected chi connectivity index (χ4v) is 4.42. The van der Waals surface area contributed by atoms with Gasteiger partial charge in [0.2, 0.25) is 0 Å². The summed E-state index contributed by atoms with van der Waals surface area (Å²) in [5.74, 6) is 1.88. The van der Waals surface area contributed by atoms with Gasteiger partial charge in [-0.25, -0.2) is 14.5 Å². The maximum absolute atomic E-state index is 11.1. The Morgan fingerprint density at radius 2 is 1.79 bits per heavy atom. The van der Waals surface area contributed by atoms with Gasteiger partial charge in [0.1, 0.15) is 0 Å². The van der Waals surface area contributed by atoms with Crippen LogP contribution >= 0.6 is 0 Å². The van der Waals surface area contributed by atoms with E-state index >= 15 is 0 Å². The molecule has 152 valence electrons. The molecule has 29 heavy (non-hydrogen) atoms.